The van der Waals surface area contributed by atoms with Crippen LogP contribution in [0.5, 0.6) is 0 Å². The van der Waals surface area contributed by atoms with Crippen LogP contribution < -0.4 is 0 Å². The maximum atomic E-state index is 11.5. The number of carbonyl (C=O) groups is 2. The average Bonchev–Trinajstić information content (AvgIpc) is 2.14. The maximum Gasteiger partial charge on any atom is 0.311 e. The predicted octanol–water partition coefficient (Wildman–Crippen LogP) is 2.26. The van der Waals surface area contributed by atoms with E-state index in [4.69, 9.17) is 4.74 Å². The number of hydrogen-bond acceptors (Lipinski definition) is 3. The fourth-order valence-electron chi connectivity index (χ4n) is 1.31. The van der Waals surface area contributed by atoms with Gasteiger partial charge >= 0.3 is 5.97 Å². The number of ketones is 1. The van der Waals surface area contributed by atoms with Gasteiger partial charge in [-0.2, -0.15) is 0 Å². The normalized spacial score (nSPS) is 17.3. The van der Waals surface area contributed by atoms with Crippen LogP contribution >= 0.6 is 0 Å². The van der Waals surface area contributed by atoms with Crippen molar-refractivity contribution in [3.05, 3.63) is 11.6 Å². The topological polar surface area (TPSA) is 43.4 Å². The highest BCUT2D eigenvalue weighted by Gasteiger charge is 2.24. The number of allylic oxidation sites excluding steroid dienone is 1. The Hall–Kier alpha value is -1.12. The quantitative estimate of drug-likeness (QED) is 0.656. The second-order valence-electron chi connectivity index (χ2n) is 4.87. The first-order chi connectivity index (χ1) is 6.91. The molecule has 0 atom stereocenters. The van der Waals surface area contributed by atoms with Gasteiger partial charge in [-0.25, -0.2) is 0 Å². The molecule has 0 unspecified atom stereocenters. The third-order valence-corrected chi connectivity index (χ3v) is 2.33. The molecule has 0 amide bonds. The summed E-state index contributed by atoms with van der Waals surface area (Å²) < 4.78 is 5.09. The standard InChI is InChI=1S/C12H18O3/c1-12(2,3)11(14)15-8-9-6-4-5-7-10(9)13/h6H,4-5,7-8H2,1-3H3. The van der Waals surface area contributed by atoms with Gasteiger partial charge in [0, 0.05) is 12.0 Å². The van der Waals surface area contributed by atoms with Crippen LogP contribution in [-0.2, 0) is 14.3 Å². The van der Waals surface area contributed by atoms with Gasteiger partial charge in [-0.05, 0) is 33.6 Å². The van der Waals surface area contributed by atoms with E-state index in [1.807, 2.05) is 6.08 Å². The number of Topliss-reactive ketones (excluding diaryl/α,β-unsaturated/α-hetero) is 1. The molecule has 0 aromatic carbocycles. The third kappa shape index (κ3) is 3.50. The van der Waals surface area contributed by atoms with Crippen molar-refractivity contribution < 1.29 is 14.3 Å². The van der Waals surface area contributed by atoms with Crippen LogP contribution in [0.2, 0.25) is 0 Å². The lowest BCUT2D eigenvalue weighted by Crippen LogP contribution is -2.25. The third-order valence-electron chi connectivity index (χ3n) is 2.33. The van der Waals surface area contributed by atoms with E-state index in [1.54, 1.807) is 20.8 Å². The molecule has 0 saturated carbocycles. The van der Waals surface area contributed by atoms with E-state index in [0.717, 1.165) is 12.8 Å². The molecule has 1 aliphatic rings. The molecule has 0 aromatic heterocycles. The van der Waals surface area contributed by atoms with Crippen LogP contribution in [0.4, 0.5) is 0 Å². The van der Waals surface area contributed by atoms with E-state index in [1.165, 1.54) is 0 Å². The van der Waals surface area contributed by atoms with Gasteiger partial charge in [-0.1, -0.05) is 6.08 Å². The van der Waals surface area contributed by atoms with Crippen LogP contribution in [0.25, 0.3) is 0 Å². The molecule has 0 aromatic rings. The van der Waals surface area contributed by atoms with Crippen molar-refractivity contribution in [1.29, 1.82) is 0 Å². The lowest BCUT2D eigenvalue weighted by atomic mass is 9.96. The van der Waals surface area contributed by atoms with E-state index < -0.39 is 5.41 Å². The summed E-state index contributed by atoms with van der Waals surface area (Å²) in [5.74, 6) is -0.148. The maximum absolute atomic E-state index is 11.5. The Balaban J connectivity index is 2.47. The Morgan fingerprint density at radius 3 is 2.67 bits per heavy atom. The summed E-state index contributed by atoms with van der Waals surface area (Å²) in [5.41, 5.74) is 0.150. The zero-order valence-electron chi connectivity index (χ0n) is 9.63. The number of carbonyl (C=O) groups excluding carboxylic acids is 2. The molecule has 1 rings (SSSR count). The zero-order chi connectivity index (χ0) is 11.5. The van der Waals surface area contributed by atoms with E-state index in [2.05, 4.69) is 0 Å². The van der Waals surface area contributed by atoms with Crippen molar-refractivity contribution in [1.82, 2.24) is 0 Å². The van der Waals surface area contributed by atoms with E-state index in [-0.39, 0.29) is 18.4 Å². The first kappa shape index (κ1) is 12.0. The number of hydrogen-bond donors (Lipinski definition) is 0. The second kappa shape index (κ2) is 4.60. The number of rotatable bonds is 2. The van der Waals surface area contributed by atoms with E-state index in [9.17, 15) is 9.59 Å². The van der Waals surface area contributed by atoms with Crippen molar-refractivity contribution in [2.75, 3.05) is 6.61 Å². The minimum atomic E-state index is -0.502. The van der Waals surface area contributed by atoms with Gasteiger partial charge in [0.1, 0.15) is 6.61 Å². The van der Waals surface area contributed by atoms with Crippen LogP contribution in [-0.4, -0.2) is 18.4 Å². The predicted molar refractivity (Wildman–Crippen MR) is 57.4 cm³/mol. The van der Waals surface area contributed by atoms with Crippen LogP contribution in [0.1, 0.15) is 40.0 Å². The smallest absolute Gasteiger partial charge is 0.311 e. The van der Waals surface area contributed by atoms with Crippen LogP contribution in [0, 0.1) is 5.41 Å². The molecule has 0 bridgehead atoms. The Kier molecular flexibility index (Phi) is 3.66. The monoisotopic (exact) mass is 210 g/mol. The van der Waals surface area contributed by atoms with Gasteiger partial charge < -0.3 is 4.74 Å². The summed E-state index contributed by atoms with van der Waals surface area (Å²) in [7, 11) is 0. The Morgan fingerprint density at radius 1 is 1.47 bits per heavy atom. The van der Waals surface area contributed by atoms with Gasteiger partial charge in [0.15, 0.2) is 5.78 Å². The Labute approximate surface area is 90.5 Å². The molecular formula is C12H18O3. The summed E-state index contributed by atoms with van der Waals surface area (Å²) >= 11 is 0. The van der Waals surface area contributed by atoms with E-state index >= 15 is 0 Å². The summed E-state index contributed by atoms with van der Waals surface area (Å²) in [6.45, 7) is 5.53. The van der Waals surface area contributed by atoms with Gasteiger partial charge in [-0.3, -0.25) is 9.59 Å². The van der Waals surface area contributed by atoms with Crippen molar-refractivity contribution in [3.8, 4) is 0 Å². The minimum Gasteiger partial charge on any atom is -0.460 e. The first-order valence-corrected chi connectivity index (χ1v) is 5.31. The summed E-state index contributed by atoms with van der Waals surface area (Å²) in [5, 5.41) is 0. The second-order valence-corrected chi connectivity index (χ2v) is 4.87. The van der Waals surface area contributed by atoms with Crippen molar-refractivity contribution in [2.45, 2.75) is 40.0 Å². The molecule has 0 saturated heterocycles. The minimum absolute atomic E-state index is 0.114. The Morgan fingerprint density at radius 2 is 2.13 bits per heavy atom. The molecule has 0 aliphatic heterocycles. The molecule has 0 radical (unpaired) electrons. The van der Waals surface area contributed by atoms with Gasteiger partial charge in [-0.15, -0.1) is 0 Å². The van der Waals surface area contributed by atoms with Gasteiger partial charge in [0.25, 0.3) is 0 Å². The Bertz CT molecular complexity index is 294. The molecule has 15 heavy (non-hydrogen) atoms. The highest BCUT2D eigenvalue weighted by Crippen LogP contribution is 2.18. The summed E-state index contributed by atoms with van der Waals surface area (Å²) in [6.07, 6.45) is 4.28. The van der Waals surface area contributed by atoms with Crippen molar-refractivity contribution in [3.63, 3.8) is 0 Å². The fourth-order valence-corrected chi connectivity index (χ4v) is 1.31. The van der Waals surface area contributed by atoms with Gasteiger partial charge in [0.2, 0.25) is 0 Å². The largest absolute Gasteiger partial charge is 0.460 e. The molecule has 1 aliphatic carbocycles. The summed E-state index contributed by atoms with van der Waals surface area (Å²) in [6, 6.07) is 0. The lowest BCUT2D eigenvalue weighted by Gasteiger charge is -2.18. The molecule has 3 heteroatoms. The zero-order valence-corrected chi connectivity index (χ0v) is 9.63. The fraction of sp³-hybridized carbons (Fsp3) is 0.667. The molecular weight excluding hydrogens is 192 g/mol. The average molecular weight is 210 g/mol. The number of esters is 1. The first-order valence-electron chi connectivity index (χ1n) is 5.31. The van der Waals surface area contributed by atoms with Crippen LogP contribution in [0.15, 0.2) is 11.6 Å². The molecule has 0 spiro atoms. The lowest BCUT2D eigenvalue weighted by molar-refractivity contribution is -0.152. The summed E-state index contributed by atoms with van der Waals surface area (Å²) in [4.78, 5) is 22.9. The van der Waals surface area contributed by atoms with Crippen LogP contribution in [0.3, 0.4) is 0 Å². The van der Waals surface area contributed by atoms with Crippen molar-refractivity contribution in [2.24, 2.45) is 5.41 Å². The van der Waals surface area contributed by atoms with Crippen molar-refractivity contribution >= 4 is 11.8 Å². The highest BCUT2D eigenvalue weighted by molar-refractivity contribution is 5.96. The molecule has 3 nitrogen and oxygen atoms in total. The molecule has 0 heterocycles. The number of ether oxygens (including phenoxy) is 1. The molecule has 84 valence electrons. The molecule has 0 fully saturated rings. The molecule has 0 N–H and O–H groups in total. The van der Waals surface area contributed by atoms with E-state index in [0.29, 0.717) is 12.0 Å². The van der Waals surface area contributed by atoms with Gasteiger partial charge in [0.05, 0.1) is 5.41 Å². The highest BCUT2D eigenvalue weighted by atomic mass is 16.5. The SMILES string of the molecule is CC(C)(C)C(=O)OCC1=CCCCC1=O.